The first-order chi connectivity index (χ1) is 16.7. The van der Waals surface area contributed by atoms with E-state index >= 15 is 0 Å². The molecule has 11 nitrogen and oxygen atoms in total. The van der Waals surface area contributed by atoms with E-state index in [9.17, 15) is 13.2 Å². The molecule has 0 aromatic carbocycles. The molecule has 2 N–H and O–H groups in total. The van der Waals surface area contributed by atoms with Gasteiger partial charge in [-0.05, 0) is 11.6 Å². The molecule has 0 aliphatic heterocycles. The van der Waals surface area contributed by atoms with Crippen LogP contribution in [0.2, 0.25) is 0 Å². The quantitative estimate of drug-likeness (QED) is 0.377. The molecule has 0 bridgehead atoms. The first kappa shape index (κ1) is 26.0. The Morgan fingerprint density at radius 1 is 1.00 bits per heavy atom. The molecule has 3 aromatic heterocycles. The predicted molar refractivity (Wildman–Crippen MR) is 130 cm³/mol. The summed E-state index contributed by atoms with van der Waals surface area (Å²) >= 11 is 0. The van der Waals surface area contributed by atoms with Crippen molar-refractivity contribution in [2.24, 2.45) is 0 Å². The smallest absolute Gasteiger partial charge is 0.222 e. The molecule has 35 heavy (non-hydrogen) atoms. The van der Waals surface area contributed by atoms with Crippen LogP contribution >= 0.6 is 0 Å². The van der Waals surface area contributed by atoms with E-state index in [1.807, 2.05) is 12.1 Å². The molecule has 0 atom stereocenters. The van der Waals surface area contributed by atoms with Crippen LogP contribution < -0.4 is 15.4 Å². The highest BCUT2D eigenvalue weighted by Crippen LogP contribution is 2.32. The molecular formula is C23H27N5O6S. The summed E-state index contributed by atoms with van der Waals surface area (Å²) in [5.74, 6) is 0.539. The molecule has 0 saturated heterocycles. The number of hydrogen-bond donors (Lipinski definition) is 2. The zero-order valence-electron chi connectivity index (χ0n) is 19.9. The van der Waals surface area contributed by atoms with E-state index < -0.39 is 9.84 Å². The highest BCUT2D eigenvalue weighted by atomic mass is 32.2. The molecule has 1 amide bonds. The third kappa shape index (κ3) is 7.44. The van der Waals surface area contributed by atoms with E-state index in [0.717, 1.165) is 11.8 Å². The lowest BCUT2D eigenvalue weighted by atomic mass is 10.1. The summed E-state index contributed by atoms with van der Waals surface area (Å²) in [7, 11) is -0.481. The number of ether oxygens (including phenoxy) is 3. The number of hydrogen-bond acceptors (Lipinski definition) is 10. The zero-order valence-corrected chi connectivity index (χ0v) is 20.7. The first-order valence-corrected chi connectivity index (χ1v) is 12.4. The fourth-order valence-corrected chi connectivity index (χ4v) is 3.64. The van der Waals surface area contributed by atoms with Crippen molar-refractivity contribution in [2.45, 2.75) is 18.6 Å². The third-order valence-corrected chi connectivity index (χ3v) is 5.56. The summed E-state index contributed by atoms with van der Waals surface area (Å²) in [6.45, 7) is 2.36. The second-order valence-electron chi connectivity index (χ2n) is 7.55. The van der Waals surface area contributed by atoms with Crippen molar-refractivity contribution in [3.63, 3.8) is 0 Å². The molecule has 0 aliphatic carbocycles. The van der Waals surface area contributed by atoms with Crippen LogP contribution in [0.5, 0.6) is 5.75 Å². The molecule has 186 valence electrons. The molecule has 0 saturated carbocycles. The van der Waals surface area contributed by atoms with E-state index in [4.69, 9.17) is 14.2 Å². The Balaban J connectivity index is 2.04. The van der Waals surface area contributed by atoms with Crippen LogP contribution in [0.3, 0.4) is 0 Å². The Hall–Kier alpha value is -3.61. The van der Waals surface area contributed by atoms with E-state index in [0.29, 0.717) is 41.7 Å². The van der Waals surface area contributed by atoms with Gasteiger partial charge in [0.25, 0.3) is 0 Å². The minimum Gasteiger partial charge on any atom is -0.491 e. The second kappa shape index (κ2) is 11.7. The molecule has 0 radical (unpaired) electrons. The number of anilines is 3. The van der Waals surface area contributed by atoms with Crippen LogP contribution in [0.4, 0.5) is 17.3 Å². The Labute approximate surface area is 203 Å². The summed E-state index contributed by atoms with van der Waals surface area (Å²) < 4.78 is 40.2. The number of carbonyl (C=O) groups is 1. The van der Waals surface area contributed by atoms with E-state index in [1.165, 1.54) is 20.1 Å². The lowest BCUT2D eigenvalue weighted by molar-refractivity contribution is -0.114. The van der Waals surface area contributed by atoms with Crippen molar-refractivity contribution in [1.82, 2.24) is 15.0 Å². The number of aromatic nitrogens is 3. The van der Waals surface area contributed by atoms with Gasteiger partial charge in [-0.3, -0.25) is 9.78 Å². The minimum absolute atomic E-state index is 0.158. The van der Waals surface area contributed by atoms with Crippen LogP contribution in [0.25, 0.3) is 11.3 Å². The third-order valence-electron chi connectivity index (χ3n) is 4.59. The van der Waals surface area contributed by atoms with Crippen molar-refractivity contribution in [1.29, 1.82) is 0 Å². The zero-order chi connectivity index (χ0) is 25.4. The number of amides is 1. The van der Waals surface area contributed by atoms with Gasteiger partial charge in [0.15, 0.2) is 14.9 Å². The van der Waals surface area contributed by atoms with Crippen LogP contribution in [0, 0.1) is 0 Å². The standard InChI is InChI=1S/C23H27N5O6S/c1-15(29)26-21-11-20(18(13-25-21)19-6-5-16(12-24-19)14-33-3)27-22-9-17(34-8-7-32-2)10-23(28-22)35(4,30)31/h5-6,9-13H,7-8,14H2,1-4H3,(H2,25,26,27,28,29). The number of pyridine rings is 3. The van der Waals surface area contributed by atoms with Gasteiger partial charge >= 0.3 is 0 Å². The van der Waals surface area contributed by atoms with Gasteiger partial charge in [0, 0.05) is 63.6 Å². The van der Waals surface area contributed by atoms with Crippen LogP contribution in [0.1, 0.15) is 12.5 Å². The number of methoxy groups -OCH3 is 2. The Morgan fingerprint density at radius 3 is 2.43 bits per heavy atom. The second-order valence-corrected chi connectivity index (χ2v) is 9.51. The lowest BCUT2D eigenvalue weighted by Crippen LogP contribution is -2.10. The Bertz CT molecular complexity index is 1280. The monoisotopic (exact) mass is 501 g/mol. The normalized spacial score (nSPS) is 11.2. The van der Waals surface area contributed by atoms with Crippen molar-refractivity contribution >= 4 is 33.1 Å². The summed E-state index contributed by atoms with van der Waals surface area (Å²) in [5.41, 5.74) is 2.60. The predicted octanol–water partition coefficient (Wildman–Crippen LogP) is 2.82. The van der Waals surface area contributed by atoms with Crippen molar-refractivity contribution in [3.05, 3.63) is 48.3 Å². The highest BCUT2D eigenvalue weighted by Gasteiger charge is 2.16. The fourth-order valence-electron chi connectivity index (χ4n) is 3.05. The Morgan fingerprint density at radius 2 is 1.80 bits per heavy atom. The molecular weight excluding hydrogens is 474 g/mol. The maximum Gasteiger partial charge on any atom is 0.222 e. The summed E-state index contributed by atoms with van der Waals surface area (Å²) in [6, 6.07) is 8.22. The van der Waals surface area contributed by atoms with Gasteiger partial charge in [-0.1, -0.05) is 6.07 Å². The van der Waals surface area contributed by atoms with E-state index in [1.54, 1.807) is 31.6 Å². The average molecular weight is 502 g/mol. The molecule has 12 heteroatoms. The lowest BCUT2D eigenvalue weighted by Gasteiger charge is -2.15. The molecule has 3 rings (SSSR count). The van der Waals surface area contributed by atoms with E-state index in [-0.39, 0.29) is 23.4 Å². The van der Waals surface area contributed by atoms with Gasteiger partial charge in [0.05, 0.1) is 24.6 Å². The Kier molecular flexibility index (Phi) is 8.68. The molecule has 0 unspecified atom stereocenters. The van der Waals surface area contributed by atoms with Crippen molar-refractivity contribution in [3.8, 4) is 17.0 Å². The summed E-state index contributed by atoms with van der Waals surface area (Å²) in [4.78, 5) is 24.6. The van der Waals surface area contributed by atoms with Gasteiger partial charge < -0.3 is 24.8 Å². The van der Waals surface area contributed by atoms with Crippen LogP contribution in [-0.4, -0.2) is 63.0 Å². The van der Waals surface area contributed by atoms with Gasteiger partial charge in [-0.25, -0.2) is 18.4 Å². The van der Waals surface area contributed by atoms with Gasteiger partial charge in [0.1, 0.15) is 24.0 Å². The van der Waals surface area contributed by atoms with Gasteiger partial charge in [-0.2, -0.15) is 0 Å². The number of nitrogens with one attached hydrogen (secondary N) is 2. The molecule has 0 spiro atoms. The molecule has 0 aliphatic rings. The topological polar surface area (TPSA) is 142 Å². The fraction of sp³-hybridized carbons (Fsp3) is 0.304. The van der Waals surface area contributed by atoms with Crippen molar-refractivity contribution in [2.75, 3.05) is 44.3 Å². The molecule has 3 heterocycles. The van der Waals surface area contributed by atoms with Crippen LogP contribution in [0.15, 0.2) is 47.8 Å². The maximum absolute atomic E-state index is 12.2. The largest absolute Gasteiger partial charge is 0.491 e. The minimum atomic E-state index is -3.62. The van der Waals surface area contributed by atoms with Gasteiger partial charge in [-0.15, -0.1) is 0 Å². The van der Waals surface area contributed by atoms with Crippen molar-refractivity contribution < 1.29 is 27.4 Å². The van der Waals surface area contributed by atoms with E-state index in [2.05, 4.69) is 25.6 Å². The van der Waals surface area contributed by atoms with Crippen LogP contribution in [-0.2, 0) is 30.7 Å². The molecule has 3 aromatic rings. The SMILES string of the molecule is COCCOc1cc(Nc2cc(NC(C)=O)ncc2-c2ccc(COC)cn2)nc(S(C)(=O)=O)c1. The number of rotatable bonds is 11. The summed E-state index contributed by atoms with van der Waals surface area (Å²) in [5, 5.41) is 5.60. The maximum atomic E-state index is 12.2. The first-order valence-electron chi connectivity index (χ1n) is 10.5. The summed E-state index contributed by atoms with van der Waals surface area (Å²) in [6.07, 6.45) is 4.31. The number of nitrogens with zero attached hydrogens (tertiary/aromatic N) is 3. The number of carbonyl (C=O) groups excluding carboxylic acids is 1. The highest BCUT2D eigenvalue weighted by molar-refractivity contribution is 7.90. The van der Waals surface area contributed by atoms with Gasteiger partial charge in [0.2, 0.25) is 5.91 Å². The average Bonchev–Trinajstić information content (AvgIpc) is 2.79. The molecule has 0 fully saturated rings. The number of sulfone groups is 1.